The molecule has 3 heteroatoms. The van der Waals surface area contributed by atoms with Crippen LogP contribution in [0.2, 0.25) is 0 Å². The van der Waals surface area contributed by atoms with Gasteiger partial charge in [-0.3, -0.25) is 5.43 Å². The Hall–Kier alpha value is -0.730. The third kappa shape index (κ3) is 3.25. The fourth-order valence-corrected chi connectivity index (χ4v) is 1.48. The molecule has 0 aromatic carbocycles. The van der Waals surface area contributed by atoms with E-state index in [0.29, 0.717) is 0 Å². The summed E-state index contributed by atoms with van der Waals surface area (Å²) in [4.78, 5) is 2.36. The molecule has 0 atom stereocenters. The molecular formula is C10H21N3. The zero-order chi connectivity index (χ0) is 9.52. The molecule has 3 nitrogen and oxygen atoms in total. The van der Waals surface area contributed by atoms with Crippen LogP contribution < -0.4 is 5.43 Å². The molecule has 0 unspecified atom stereocenters. The minimum Gasteiger partial charge on any atom is -0.340 e. The van der Waals surface area contributed by atoms with Gasteiger partial charge in [0.05, 0.1) is 0 Å². The second-order valence-electron chi connectivity index (χ2n) is 3.56. The number of hydrogen-bond donors (Lipinski definition) is 1. The van der Waals surface area contributed by atoms with E-state index in [0.717, 1.165) is 19.6 Å². The zero-order valence-corrected chi connectivity index (χ0v) is 8.84. The van der Waals surface area contributed by atoms with Crippen molar-refractivity contribution in [1.82, 2.24) is 10.3 Å². The summed E-state index contributed by atoms with van der Waals surface area (Å²) in [6.07, 6.45) is 6.17. The Balaban J connectivity index is 2.25. The van der Waals surface area contributed by atoms with Crippen LogP contribution in [-0.4, -0.2) is 23.9 Å². The molecule has 1 heterocycles. The normalized spacial score (nSPS) is 15.8. The topological polar surface area (TPSA) is 27.6 Å². The smallest absolute Gasteiger partial charge is 0.126 e. The van der Waals surface area contributed by atoms with Crippen LogP contribution in [0.25, 0.3) is 0 Å². The molecule has 0 radical (unpaired) electrons. The molecule has 0 fully saturated rings. The zero-order valence-electron chi connectivity index (χ0n) is 8.84. The molecular weight excluding hydrogens is 162 g/mol. The number of rotatable bonds is 6. The fraction of sp³-hybridized carbons (Fsp3) is 0.900. The Bertz CT molecular complexity index is 166. The van der Waals surface area contributed by atoms with Crippen molar-refractivity contribution < 1.29 is 0 Å². The number of hydrogen-bond acceptors (Lipinski definition) is 3. The van der Waals surface area contributed by atoms with E-state index in [4.69, 9.17) is 0 Å². The molecule has 0 aliphatic carbocycles. The van der Waals surface area contributed by atoms with Gasteiger partial charge < -0.3 is 4.90 Å². The Labute approximate surface area is 81.2 Å². The van der Waals surface area contributed by atoms with Crippen LogP contribution in [0.5, 0.6) is 0 Å². The molecule has 0 spiro atoms. The van der Waals surface area contributed by atoms with Gasteiger partial charge in [0.25, 0.3) is 0 Å². The van der Waals surface area contributed by atoms with Crippen molar-refractivity contribution in [3.05, 3.63) is 0 Å². The van der Waals surface area contributed by atoms with E-state index in [1.165, 1.54) is 31.5 Å². The first-order chi connectivity index (χ1) is 6.38. The number of nitrogens with one attached hydrogen (secondary N) is 1. The van der Waals surface area contributed by atoms with E-state index >= 15 is 0 Å². The second kappa shape index (κ2) is 5.84. The third-order valence-corrected chi connectivity index (χ3v) is 2.37. The van der Waals surface area contributed by atoms with Crippen molar-refractivity contribution in [2.45, 2.75) is 46.0 Å². The molecule has 0 aromatic rings. The highest BCUT2D eigenvalue weighted by atomic mass is 15.5. The first-order valence-corrected chi connectivity index (χ1v) is 5.42. The maximum atomic E-state index is 4.30. The maximum Gasteiger partial charge on any atom is 0.126 e. The van der Waals surface area contributed by atoms with E-state index in [1.807, 2.05) is 0 Å². The van der Waals surface area contributed by atoms with Crippen LogP contribution in [0.1, 0.15) is 46.0 Å². The van der Waals surface area contributed by atoms with Crippen LogP contribution in [-0.2, 0) is 0 Å². The highest BCUT2D eigenvalue weighted by Gasteiger charge is 2.14. The highest BCUT2D eigenvalue weighted by molar-refractivity contribution is 5.83. The lowest BCUT2D eigenvalue weighted by molar-refractivity contribution is 0.407. The number of hydrazone groups is 1. The van der Waals surface area contributed by atoms with Gasteiger partial charge in [0, 0.05) is 13.0 Å². The summed E-state index contributed by atoms with van der Waals surface area (Å²) < 4.78 is 0. The predicted molar refractivity (Wildman–Crippen MR) is 56.6 cm³/mol. The van der Waals surface area contributed by atoms with Gasteiger partial charge >= 0.3 is 0 Å². The molecule has 1 aliphatic heterocycles. The Kier molecular flexibility index (Phi) is 4.65. The molecule has 0 bridgehead atoms. The van der Waals surface area contributed by atoms with Gasteiger partial charge in [0.15, 0.2) is 0 Å². The van der Waals surface area contributed by atoms with Crippen molar-refractivity contribution in [3.8, 4) is 0 Å². The van der Waals surface area contributed by atoms with Crippen LogP contribution in [0.3, 0.4) is 0 Å². The van der Waals surface area contributed by atoms with Crippen LogP contribution in [0.4, 0.5) is 0 Å². The van der Waals surface area contributed by atoms with Crippen molar-refractivity contribution >= 4 is 5.84 Å². The first-order valence-electron chi connectivity index (χ1n) is 5.42. The Morgan fingerprint density at radius 2 is 2.08 bits per heavy atom. The van der Waals surface area contributed by atoms with Crippen LogP contribution >= 0.6 is 0 Å². The molecule has 0 saturated carbocycles. The minimum atomic E-state index is 0.916. The molecule has 0 saturated heterocycles. The van der Waals surface area contributed by atoms with Gasteiger partial charge in [-0.05, 0) is 12.8 Å². The predicted octanol–water partition coefficient (Wildman–Crippen LogP) is 2.15. The minimum absolute atomic E-state index is 0.916. The summed E-state index contributed by atoms with van der Waals surface area (Å²) >= 11 is 0. The summed E-state index contributed by atoms with van der Waals surface area (Å²) in [5, 5.41) is 4.30. The van der Waals surface area contributed by atoms with Crippen molar-refractivity contribution in [1.29, 1.82) is 0 Å². The maximum absolute atomic E-state index is 4.30. The van der Waals surface area contributed by atoms with Gasteiger partial charge in [-0.2, -0.15) is 5.10 Å². The largest absolute Gasteiger partial charge is 0.340 e. The number of unbranched alkanes of at least 4 members (excludes halogenated alkanes) is 2. The average Bonchev–Trinajstić information content (AvgIpc) is 2.59. The van der Waals surface area contributed by atoms with Crippen molar-refractivity contribution in [2.24, 2.45) is 5.10 Å². The summed E-state index contributed by atoms with van der Waals surface area (Å²) in [5.74, 6) is 1.26. The number of amidine groups is 1. The molecule has 1 rings (SSSR count). The van der Waals surface area contributed by atoms with E-state index in [-0.39, 0.29) is 0 Å². The first kappa shape index (κ1) is 10.4. The summed E-state index contributed by atoms with van der Waals surface area (Å²) in [6, 6.07) is 0. The second-order valence-corrected chi connectivity index (χ2v) is 3.56. The van der Waals surface area contributed by atoms with E-state index in [2.05, 4.69) is 29.3 Å². The van der Waals surface area contributed by atoms with Crippen LogP contribution in [0, 0.1) is 0 Å². The molecule has 1 aliphatic rings. The van der Waals surface area contributed by atoms with Crippen molar-refractivity contribution in [3.63, 3.8) is 0 Å². The van der Waals surface area contributed by atoms with E-state index < -0.39 is 0 Å². The Morgan fingerprint density at radius 3 is 2.77 bits per heavy atom. The lowest BCUT2D eigenvalue weighted by Crippen LogP contribution is -2.30. The fourth-order valence-electron chi connectivity index (χ4n) is 1.48. The third-order valence-electron chi connectivity index (χ3n) is 2.37. The van der Waals surface area contributed by atoms with Gasteiger partial charge in [-0.15, -0.1) is 0 Å². The van der Waals surface area contributed by atoms with E-state index in [9.17, 15) is 0 Å². The van der Waals surface area contributed by atoms with E-state index in [1.54, 1.807) is 0 Å². The molecule has 0 amide bonds. The molecule has 13 heavy (non-hydrogen) atoms. The SMILES string of the molecule is CCCCC1=NNCN1CCCC. The molecule has 1 N–H and O–H groups in total. The van der Waals surface area contributed by atoms with Gasteiger partial charge in [0.2, 0.25) is 0 Å². The Morgan fingerprint density at radius 1 is 1.31 bits per heavy atom. The van der Waals surface area contributed by atoms with Gasteiger partial charge in [-0.25, -0.2) is 0 Å². The van der Waals surface area contributed by atoms with Crippen LogP contribution in [0.15, 0.2) is 5.10 Å². The summed E-state index contributed by atoms with van der Waals surface area (Å²) in [5.41, 5.74) is 3.05. The highest BCUT2D eigenvalue weighted by Crippen LogP contribution is 2.07. The molecule has 0 aromatic heterocycles. The monoisotopic (exact) mass is 183 g/mol. The summed E-state index contributed by atoms with van der Waals surface area (Å²) in [6.45, 7) is 6.52. The number of nitrogens with zero attached hydrogens (tertiary/aromatic N) is 2. The average molecular weight is 183 g/mol. The lowest BCUT2D eigenvalue weighted by Gasteiger charge is -2.18. The lowest BCUT2D eigenvalue weighted by atomic mass is 10.2. The molecule has 76 valence electrons. The van der Waals surface area contributed by atoms with Crippen molar-refractivity contribution in [2.75, 3.05) is 13.2 Å². The quantitative estimate of drug-likeness (QED) is 0.683. The van der Waals surface area contributed by atoms with Gasteiger partial charge in [0.1, 0.15) is 12.5 Å². The van der Waals surface area contributed by atoms with Gasteiger partial charge in [-0.1, -0.05) is 26.7 Å². The summed E-state index contributed by atoms with van der Waals surface area (Å²) in [7, 11) is 0. The standard InChI is InChI=1S/C10H21N3/c1-3-5-7-10-12-11-9-13(10)8-6-4-2/h11H,3-9H2,1-2H3.